The van der Waals surface area contributed by atoms with Crippen molar-refractivity contribution in [2.45, 2.75) is 13.0 Å². The maximum atomic E-state index is 11.6. The average molecular weight is 378 g/mol. The summed E-state index contributed by atoms with van der Waals surface area (Å²) in [4.78, 5) is 19.2. The number of hydroxylamine groups is 1. The summed E-state index contributed by atoms with van der Waals surface area (Å²) >= 11 is 0. The van der Waals surface area contributed by atoms with Crippen molar-refractivity contribution in [2.24, 2.45) is 0 Å². The van der Waals surface area contributed by atoms with Crippen LogP contribution in [-0.2, 0) is 4.84 Å². The molecule has 6 heteroatoms. The van der Waals surface area contributed by atoms with Crippen molar-refractivity contribution in [1.29, 1.82) is 0 Å². The molecule has 4 rings (SSSR count). The monoisotopic (exact) mass is 378 g/mol. The van der Waals surface area contributed by atoms with Gasteiger partial charge in [0.05, 0.1) is 5.70 Å². The standard InChI is InChI=1S/C22H22N2O4/c1-14-10-22(25)27-21-12-17(8-9-19(14)21)26-13-18-11-20(23-28-18)15-4-6-16(7-5-15)24(2)3/h4-12,18,23H,13H2,1-3H3/t18-/m0/s1. The lowest BCUT2D eigenvalue weighted by molar-refractivity contribution is 0.0236. The van der Waals surface area contributed by atoms with Crippen molar-refractivity contribution in [2.75, 3.05) is 25.6 Å². The highest BCUT2D eigenvalue weighted by atomic mass is 16.7. The van der Waals surface area contributed by atoms with E-state index in [0.29, 0.717) is 17.9 Å². The van der Waals surface area contributed by atoms with E-state index in [1.165, 1.54) is 6.07 Å². The van der Waals surface area contributed by atoms with Gasteiger partial charge in [0.25, 0.3) is 0 Å². The van der Waals surface area contributed by atoms with Crippen LogP contribution in [0.25, 0.3) is 16.7 Å². The van der Waals surface area contributed by atoms with Gasteiger partial charge in [0.2, 0.25) is 0 Å². The van der Waals surface area contributed by atoms with E-state index in [1.807, 2.05) is 39.2 Å². The maximum absolute atomic E-state index is 11.6. The van der Waals surface area contributed by atoms with Crippen molar-refractivity contribution in [1.82, 2.24) is 5.48 Å². The van der Waals surface area contributed by atoms with E-state index in [2.05, 4.69) is 34.6 Å². The number of fused-ring (bicyclic) bond motifs is 1. The highest BCUT2D eigenvalue weighted by Gasteiger charge is 2.18. The van der Waals surface area contributed by atoms with Crippen molar-refractivity contribution >= 4 is 22.4 Å². The van der Waals surface area contributed by atoms with Crippen LogP contribution >= 0.6 is 0 Å². The van der Waals surface area contributed by atoms with Gasteiger partial charge in [0, 0.05) is 37.3 Å². The molecule has 1 aliphatic heterocycles. The zero-order valence-corrected chi connectivity index (χ0v) is 16.1. The molecule has 0 saturated heterocycles. The topological polar surface area (TPSA) is 63.9 Å². The van der Waals surface area contributed by atoms with Crippen LogP contribution in [0.3, 0.4) is 0 Å². The SMILES string of the molecule is Cc1cc(=O)oc2cc(OC[C@@H]3C=C(c4ccc(N(C)C)cc4)NO3)ccc12. The number of nitrogens with zero attached hydrogens (tertiary/aromatic N) is 1. The Hall–Kier alpha value is -3.25. The molecule has 0 spiro atoms. The summed E-state index contributed by atoms with van der Waals surface area (Å²) in [6.07, 6.45) is 1.78. The first kappa shape index (κ1) is 18.1. The summed E-state index contributed by atoms with van der Waals surface area (Å²) in [5.74, 6) is 0.627. The fourth-order valence-electron chi connectivity index (χ4n) is 3.14. The Morgan fingerprint density at radius 1 is 1.11 bits per heavy atom. The quantitative estimate of drug-likeness (QED) is 0.686. The molecule has 2 aromatic carbocycles. The molecule has 144 valence electrons. The fourth-order valence-corrected chi connectivity index (χ4v) is 3.14. The van der Waals surface area contributed by atoms with Crippen molar-refractivity contribution < 1.29 is 14.0 Å². The van der Waals surface area contributed by atoms with E-state index < -0.39 is 0 Å². The van der Waals surface area contributed by atoms with Crippen LogP contribution in [0.1, 0.15) is 11.1 Å². The van der Waals surface area contributed by atoms with Crippen LogP contribution in [0.2, 0.25) is 0 Å². The normalized spacial score (nSPS) is 16.0. The van der Waals surface area contributed by atoms with Crippen LogP contribution in [0.4, 0.5) is 5.69 Å². The number of hydrogen-bond acceptors (Lipinski definition) is 6. The third-order valence-corrected chi connectivity index (χ3v) is 4.70. The Labute approximate surface area is 162 Å². The van der Waals surface area contributed by atoms with Crippen LogP contribution in [0.5, 0.6) is 5.75 Å². The first-order chi connectivity index (χ1) is 13.5. The number of rotatable bonds is 5. The predicted octanol–water partition coefficient (Wildman–Crippen LogP) is 3.49. The Bertz CT molecular complexity index is 1080. The van der Waals surface area contributed by atoms with Gasteiger partial charge in [0.15, 0.2) is 0 Å². The van der Waals surface area contributed by atoms with E-state index in [4.69, 9.17) is 14.0 Å². The van der Waals surface area contributed by atoms with Crippen LogP contribution < -0.4 is 20.7 Å². The molecule has 0 radical (unpaired) electrons. The average Bonchev–Trinajstić information content (AvgIpc) is 3.15. The number of benzene rings is 2. The second-order valence-electron chi connectivity index (χ2n) is 7.00. The molecule has 0 fully saturated rings. The van der Waals surface area contributed by atoms with E-state index in [-0.39, 0.29) is 11.7 Å². The molecule has 6 nitrogen and oxygen atoms in total. The van der Waals surface area contributed by atoms with Gasteiger partial charge >= 0.3 is 5.63 Å². The minimum Gasteiger partial charge on any atom is -0.490 e. The molecule has 3 aromatic rings. The highest BCUT2D eigenvalue weighted by Crippen LogP contribution is 2.24. The molecular formula is C22H22N2O4. The third kappa shape index (κ3) is 3.73. The van der Waals surface area contributed by atoms with Gasteiger partial charge in [-0.05, 0) is 48.4 Å². The summed E-state index contributed by atoms with van der Waals surface area (Å²) < 4.78 is 11.1. The summed E-state index contributed by atoms with van der Waals surface area (Å²) in [6, 6.07) is 15.2. The minimum absolute atomic E-state index is 0.219. The number of aryl methyl sites for hydroxylation is 1. The van der Waals surface area contributed by atoms with Crippen LogP contribution in [0.15, 0.2) is 63.8 Å². The first-order valence-electron chi connectivity index (χ1n) is 9.08. The van der Waals surface area contributed by atoms with Crippen LogP contribution in [0, 0.1) is 6.92 Å². The number of hydrogen-bond donors (Lipinski definition) is 1. The second-order valence-corrected chi connectivity index (χ2v) is 7.00. The van der Waals surface area contributed by atoms with Gasteiger partial charge in [-0.3, -0.25) is 10.3 Å². The van der Waals surface area contributed by atoms with Gasteiger partial charge in [-0.1, -0.05) is 12.1 Å². The first-order valence-corrected chi connectivity index (χ1v) is 9.08. The lowest BCUT2D eigenvalue weighted by Gasteiger charge is -2.12. The molecule has 0 saturated carbocycles. The van der Waals surface area contributed by atoms with E-state index in [1.54, 1.807) is 6.07 Å². The van der Waals surface area contributed by atoms with Gasteiger partial charge in [0.1, 0.15) is 24.0 Å². The van der Waals surface area contributed by atoms with E-state index in [9.17, 15) is 4.79 Å². The van der Waals surface area contributed by atoms with Crippen molar-refractivity contribution in [3.05, 3.63) is 76.2 Å². The smallest absolute Gasteiger partial charge is 0.336 e. The molecule has 0 unspecified atom stereocenters. The Morgan fingerprint density at radius 2 is 1.89 bits per heavy atom. The number of anilines is 1. The molecular weight excluding hydrogens is 356 g/mol. The van der Waals surface area contributed by atoms with E-state index >= 15 is 0 Å². The minimum atomic E-state index is -0.363. The summed E-state index contributed by atoms with van der Waals surface area (Å²) in [5, 5.41) is 0.897. The fraction of sp³-hybridized carbons (Fsp3) is 0.227. The molecule has 28 heavy (non-hydrogen) atoms. The Morgan fingerprint density at radius 3 is 2.64 bits per heavy atom. The lowest BCUT2D eigenvalue weighted by Crippen LogP contribution is -2.19. The zero-order valence-electron chi connectivity index (χ0n) is 16.1. The maximum Gasteiger partial charge on any atom is 0.336 e. The molecule has 0 bridgehead atoms. The molecule has 1 aromatic heterocycles. The summed E-state index contributed by atoms with van der Waals surface area (Å²) in [6.45, 7) is 2.23. The van der Waals surface area contributed by atoms with Gasteiger partial charge in [-0.2, -0.15) is 0 Å². The number of nitrogens with one attached hydrogen (secondary N) is 1. The summed E-state index contributed by atoms with van der Waals surface area (Å²) in [5.41, 5.74) is 7.11. The van der Waals surface area contributed by atoms with Crippen molar-refractivity contribution in [3.8, 4) is 5.75 Å². The van der Waals surface area contributed by atoms with Gasteiger partial charge < -0.3 is 14.1 Å². The van der Waals surface area contributed by atoms with Crippen LogP contribution in [-0.4, -0.2) is 26.8 Å². The Kier molecular flexibility index (Phi) is 4.79. The van der Waals surface area contributed by atoms with Crippen molar-refractivity contribution in [3.63, 3.8) is 0 Å². The molecule has 0 aliphatic carbocycles. The molecule has 0 amide bonds. The number of ether oxygens (including phenoxy) is 1. The second kappa shape index (κ2) is 7.40. The van der Waals surface area contributed by atoms with Gasteiger partial charge in [-0.25, -0.2) is 4.79 Å². The summed E-state index contributed by atoms with van der Waals surface area (Å²) in [7, 11) is 4.02. The molecule has 1 atom stereocenters. The zero-order chi connectivity index (χ0) is 19.7. The lowest BCUT2D eigenvalue weighted by atomic mass is 10.1. The molecule has 1 N–H and O–H groups in total. The predicted molar refractivity (Wildman–Crippen MR) is 109 cm³/mol. The Balaban J connectivity index is 1.44. The molecule has 1 aliphatic rings. The molecule has 2 heterocycles. The largest absolute Gasteiger partial charge is 0.490 e. The van der Waals surface area contributed by atoms with Gasteiger partial charge in [-0.15, -0.1) is 0 Å². The van der Waals surface area contributed by atoms with E-state index in [0.717, 1.165) is 27.9 Å². The third-order valence-electron chi connectivity index (χ3n) is 4.70. The highest BCUT2D eigenvalue weighted by molar-refractivity contribution is 5.81.